The van der Waals surface area contributed by atoms with E-state index in [1.54, 1.807) is 6.20 Å². The van der Waals surface area contributed by atoms with E-state index in [2.05, 4.69) is 19.9 Å². The lowest BCUT2D eigenvalue weighted by Crippen LogP contribution is -2.25. The molecule has 106 valence electrons. The summed E-state index contributed by atoms with van der Waals surface area (Å²) in [7, 11) is 0. The van der Waals surface area contributed by atoms with Crippen molar-refractivity contribution < 1.29 is 4.79 Å². The summed E-state index contributed by atoms with van der Waals surface area (Å²) in [6.45, 7) is 4.65. The van der Waals surface area contributed by atoms with Gasteiger partial charge in [-0.2, -0.15) is 0 Å². The molecule has 0 bridgehead atoms. The Bertz CT molecular complexity index is 553. The second-order valence-corrected chi connectivity index (χ2v) is 5.58. The monoisotopic (exact) mass is 290 g/mol. The number of carbonyl (C=O) groups is 1. The summed E-state index contributed by atoms with van der Waals surface area (Å²) in [6, 6.07) is 5.86. The van der Waals surface area contributed by atoms with Crippen molar-refractivity contribution in [3.05, 3.63) is 40.7 Å². The third kappa shape index (κ3) is 3.84. The van der Waals surface area contributed by atoms with Crippen LogP contribution >= 0.6 is 11.5 Å². The Kier molecular flexibility index (Phi) is 5.17. The van der Waals surface area contributed by atoms with E-state index in [1.165, 1.54) is 0 Å². The number of hydrogen-bond acceptors (Lipinski definition) is 5. The minimum atomic E-state index is -0.0790. The minimum Gasteiger partial charge on any atom is -0.351 e. The van der Waals surface area contributed by atoms with E-state index in [9.17, 15) is 4.79 Å². The maximum absolute atomic E-state index is 12.0. The normalized spacial score (nSPS) is 10.8. The second kappa shape index (κ2) is 7.09. The highest BCUT2D eigenvalue weighted by Gasteiger charge is 2.17. The molecule has 2 aromatic rings. The lowest BCUT2D eigenvalue weighted by molar-refractivity contribution is 0.0955. The van der Waals surface area contributed by atoms with Crippen molar-refractivity contribution in [2.75, 3.05) is 6.54 Å². The molecular formula is C14H18N4OS. The standard InChI is InChI=1S/C14H18N4OS/c1-10(2)12-13(20-18-17-12)14(19)16-9-5-7-11-6-3-4-8-15-11/h3-4,6,8,10H,5,7,9H2,1-2H3,(H,16,19). The van der Waals surface area contributed by atoms with Crippen molar-refractivity contribution in [3.63, 3.8) is 0 Å². The Morgan fingerprint density at radius 1 is 1.40 bits per heavy atom. The van der Waals surface area contributed by atoms with Gasteiger partial charge in [-0.15, -0.1) is 5.10 Å². The molecular weight excluding hydrogens is 272 g/mol. The van der Waals surface area contributed by atoms with Crippen LogP contribution in [0.3, 0.4) is 0 Å². The van der Waals surface area contributed by atoms with Gasteiger partial charge >= 0.3 is 0 Å². The van der Waals surface area contributed by atoms with Gasteiger partial charge in [-0.05, 0) is 42.4 Å². The number of amides is 1. The molecule has 0 spiro atoms. The first-order valence-corrected chi connectivity index (χ1v) is 7.46. The molecule has 2 heterocycles. The third-order valence-electron chi connectivity index (χ3n) is 2.89. The quantitative estimate of drug-likeness (QED) is 0.830. The molecule has 0 aliphatic heterocycles. The minimum absolute atomic E-state index is 0.0790. The summed E-state index contributed by atoms with van der Waals surface area (Å²) in [5, 5.41) is 6.92. The summed E-state index contributed by atoms with van der Waals surface area (Å²) in [5.74, 6) is 0.132. The molecule has 5 nitrogen and oxygen atoms in total. The lowest BCUT2D eigenvalue weighted by Gasteiger charge is -2.06. The van der Waals surface area contributed by atoms with Crippen molar-refractivity contribution in [1.82, 2.24) is 19.9 Å². The topological polar surface area (TPSA) is 67.8 Å². The van der Waals surface area contributed by atoms with Gasteiger partial charge in [0.25, 0.3) is 5.91 Å². The van der Waals surface area contributed by atoms with E-state index in [4.69, 9.17) is 0 Å². The van der Waals surface area contributed by atoms with Crippen LogP contribution in [0.2, 0.25) is 0 Å². The smallest absolute Gasteiger partial charge is 0.264 e. The van der Waals surface area contributed by atoms with Gasteiger partial charge in [0, 0.05) is 18.4 Å². The fourth-order valence-electron chi connectivity index (χ4n) is 1.83. The molecule has 2 aromatic heterocycles. The van der Waals surface area contributed by atoms with E-state index < -0.39 is 0 Å². The van der Waals surface area contributed by atoms with Gasteiger partial charge in [-0.1, -0.05) is 24.4 Å². The van der Waals surface area contributed by atoms with E-state index in [-0.39, 0.29) is 11.8 Å². The summed E-state index contributed by atoms with van der Waals surface area (Å²) in [4.78, 5) is 16.9. The van der Waals surface area contributed by atoms with Crippen LogP contribution in [-0.2, 0) is 6.42 Å². The van der Waals surface area contributed by atoms with Crippen molar-refractivity contribution in [1.29, 1.82) is 0 Å². The Labute approximate surface area is 122 Å². The summed E-state index contributed by atoms with van der Waals surface area (Å²) in [5.41, 5.74) is 1.82. The van der Waals surface area contributed by atoms with Gasteiger partial charge in [-0.3, -0.25) is 9.78 Å². The Balaban J connectivity index is 1.79. The molecule has 0 saturated heterocycles. The van der Waals surface area contributed by atoms with Gasteiger partial charge in [0.1, 0.15) is 4.88 Å². The lowest BCUT2D eigenvalue weighted by atomic mass is 10.1. The highest BCUT2D eigenvalue weighted by Crippen LogP contribution is 2.19. The number of pyridine rings is 1. The fraction of sp³-hybridized carbons (Fsp3) is 0.429. The van der Waals surface area contributed by atoms with Crippen LogP contribution in [-0.4, -0.2) is 27.0 Å². The molecule has 0 saturated carbocycles. The molecule has 2 rings (SSSR count). The number of nitrogens with zero attached hydrogens (tertiary/aromatic N) is 3. The predicted octanol–water partition coefficient (Wildman–Crippen LogP) is 2.42. The zero-order chi connectivity index (χ0) is 14.4. The SMILES string of the molecule is CC(C)c1nnsc1C(=O)NCCCc1ccccn1. The maximum Gasteiger partial charge on any atom is 0.264 e. The average molecular weight is 290 g/mol. The first-order chi connectivity index (χ1) is 9.68. The van der Waals surface area contributed by atoms with E-state index in [0.29, 0.717) is 11.4 Å². The molecule has 1 N–H and O–H groups in total. The maximum atomic E-state index is 12.0. The van der Waals surface area contributed by atoms with Crippen LogP contribution in [0.4, 0.5) is 0 Å². The first-order valence-electron chi connectivity index (χ1n) is 6.69. The molecule has 0 fully saturated rings. The molecule has 1 amide bonds. The number of carbonyl (C=O) groups excluding carboxylic acids is 1. The number of aromatic nitrogens is 3. The van der Waals surface area contributed by atoms with Crippen molar-refractivity contribution in [2.24, 2.45) is 0 Å². The number of aryl methyl sites for hydroxylation is 1. The summed E-state index contributed by atoms with van der Waals surface area (Å²) < 4.78 is 3.86. The van der Waals surface area contributed by atoms with Crippen LogP contribution in [0.25, 0.3) is 0 Å². The second-order valence-electron chi connectivity index (χ2n) is 4.82. The summed E-state index contributed by atoms with van der Waals surface area (Å²) in [6.07, 6.45) is 3.51. The molecule has 20 heavy (non-hydrogen) atoms. The van der Waals surface area contributed by atoms with E-state index in [0.717, 1.165) is 35.8 Å². The largest absolute Gasteiger partial charge is 0.351 e. The van der Waals surface area contributed by atoms with Gasteiger partial charge < -0.3 is 5.32 Å². The van der Waals surface area contributed by atoms with Crippen LogP contribution in [0, 0.1) is 0 Å². The van der Waals surface area contributed by atoms with Crippen molar-refractivity contribution >= 4 is 17.4 Å². The zero-order valence-electron chi connectivity index (χ0n) is 11.7. The van der Waals surface area contributed by atoms with Crippen LogP contribution in [0.15, 0.2) is 24.4 Å². The van der Waals surface area contributed by atoms with Gasteiger partial charge in [0.15, 0.2) is 0 Å². The number of nitrogens with one attached hydrogen (secondary N) is 1. The number of rotatable bonds is 6. The first kappa shape index (κ1) is 14.6. The molecule has 0 atom stereocenters. The third-order valence-corrected chi connectivity index (χ3v) is 3.63. The Morgan fingerprint density at radius 2 is 2.25 bits per heavy atom. The molecule has 0 aliphatic carbocycles. The Morgan fingerprint density at radius 3 is 2.95 bits per heavy atom. The van der Waals surface area contributed by atoms with Crippen molar-refractivity contribution in [2.45, 2.75) is 32.6 Å². The highest BCUT2D eigenvalue weighted by molar-refractivity contribution is 7.08. The average Bonchev–Trinajstić information content (AvgIpc) is 2.94. The van der Waals surface area contributed by atoms with E-state index in [1.807, 2.05) is 32.0 Å². The van der Waals surface area contributed by atoms with Crippen LogP contribution in [0.5, 0.6) is 0 Å². The zero-order valence-corrected chi connectivity index (χ0v) is 12.5. The molecule has 6 heteroatoms. The van der Waals surface area contributed by atoms with Gasteiger partial charge in [-0.25, -0.2) is 0 Å². The molecule has 0 aliphatic rings. The van der Waals surface area contributed by atoms with Crippen molar-refractivity contribution in [3.8, 4) is 0 Å². The fourth-order valence-corrected chi connectivity index (χ4v) is 2.57. The highest BCUT2D eigenvalue weighted by atomic mass is 32.1. The van der Waals surface area contributed by atoms with Crippen LogP contribution in [0.1, 0.15) is 47.2 Å². The van der Waals surface area contributed by atoms with Crippen LogP contribution < -0.4 is 5.32 Å². The Hall–Kier alpha value is -1.82. The molecule has 0 unspecified atom stereocenters. The number of hydrogen-bond donors (Lipinski definition) is 1. The molecule has 0 aromatic carbocycles. The van der Waals surface area contributed by atoms with Gasteiger partial charge in [0.05, 0.1) is 5.69 Å². The van der Waals surface area contributed by atoms with E-state index >= 15 is 0 Å². The molecule has 0 radical (unpaired) electrons. The summed E-state index contributed by atoms with van der Waals surface area (Å²) >= 11 is 1.15. The van der Waals surface area contributed by atoms with Gasteiger partial charge in [0.2, 0.25) is 0 Å². The predicted molar refractivity (Wildman–Crippen MR) is 78.9 cm³/mol.